The average Bonchev–Trinajstić information content (AvgIpc) is 3.44. The molecule has 8 nitrogen and oxygen atoms in total. The first kappa shape index (κ1) is 27.1. The lowest BCUT2D eigenvalue weighted by Gasteiger charge is -2.26. The molecule has 0 bridgehead atoms. The van der Waals surface area contributed by atoms with Crippen molar-refractivity contribution >= 4 is 5.91 Å². The van der Waals surface area contributed by atoms with E-state index in [4.69, 9.17) is 9.26 Å². The van der Waals surface area contributed by atoms with E-state index in [1.54, 1.807) is 6.07 Å². The van der Waals surface area contributed by atoms with Gasteiger partial charge in [0.1, 0.15) is 11.5 Å². The van der Waals surface area contributed by atoms with Crippen LogP contribution < -0.4 is 0 Å². The number of hydrogen-bond donors (Lipinski definition) is 2. The quantitative estimate of drug-likeness (QED) is 0.309. The summed E-state index contributed by atoms with van der Waals surface area (Å²) in [7, 11) is 0. The number of ether oxygens (including phenoxy) is 1. The molecule has 0 spiro atoms. The van der Waals surface area contributed by atoms with Crippen molar-refractivity contribution in [2.75, 3.05) is 39.4 Å². The number of carbonyl (C=O) groups excluding carboxylic acids is 1. The molecule has 2 N–H and O–H groups in total. The second-order valence-corrected chi connectivity index (χ2v) is 10.9. The number of piperidine rings is 1. The fraction of sp³-hybridized carbons (Fsp3) is 0.333. The van der Waals surface area contributed by atoms with Crippen molar-refractivity contribution < 1.29 is 24.3 Å². The van der Waals surface area contributed by atoms with Crippen LogP contribution in [0.5, 0.6) is 11.5 Å². The van der Waals surface area contributed by atoms with Gasteiger partial charge in [0.15, 0.2) is 11.5 Å². The highest BCUT2D eigenvalue weighted by atomic mass is 16.5. The maximum Gasteiger partial charge on any atom is 0.276 e. The Morgan fingerprint density at radius 3 is 2.20 bits per heavy atom. The number of amides is 1. The van der Waals surface area contributed by atoms with Crippen molar-refractivity contribution in [2.24, 2.45) is 0 Å². The number of nitrogens with zero attached hydrogens (tertiary/aromatic N) is 3. The lowest BCUT2D eigenvalue weighted by Crippen LogP contribution is -2.36. The Hall–Kier alpha value is -4.14. The SMILES string of the molecule is Cc1ccc(-c2cc(-c3onc(C(=O)N4CCCCC4)c3-c3ccc(CN4CCOCC4)cc3)c(O)cc2O)cc1. The Balaban J connectivity index is 1.42. The molecule has 0 aliphatic carbocycles. The van der Waals surface area contributed by atoms with Crippen LogP contribution in [-0.2, 0) is 11.3 Å². The van der Waals surface area contributed by atoms with Crippen LogP contribution >= 0.6 is 0 Å². The number of benzene rings is 3. The summed E-state index contributed by atoms with van der Waals surface area (Å²) in [5, 5.41) is 26.0. The summed E-state index contributed by atoms with van der Waals surface area (Å²) in [6.07, 6.45) is 3.02. The molecule has 0 radical (unpaired) electrons. The minimum absolute atomic E-state index is 0.0479. The molecule has 8 heteroatoms. The van der Waals surface area contributed by atoms with Crippen molar-refractivity contribution in [1.29, 1.82) is 0 Å². The number of morpholine rings is 1. The van der Waals surface area contributed by atoms with E-state index in [9.17, 15) is 15.0 Å². The summed E-state index contributed by atoms with van der Waals surface area (Å²) in [4.78, 5) is 17.9. The van der Waals surface area contributed by atoms with E-state index in [0.717, 1.165) is 74.4 Å². The smallest absolute Gasteiger partial charge is 0.276 e. The number of likely N-dealkylation sites (tertiary alicyclic amines) is 1. The van der Waals surface area contributed by atoms with Crippen molar-refractivity contribution in [2.45, 2.75) is 32.7 Å². The Morgan fingerprint density at radius 2 is 1.49 bits per heavy atom. The van der Waals surface area contributed by atoms with E-state index in [1.807, 2.05) is 48.2 Å². The zero-order valence-electron chi connectivity index (χ0n) is 23.3. The predicted octanol–water partition coefficient (Wildman–Crippen LogP) is 5.85. The summed E-state index contributed by atoms with van der Waals surface area (Å²) >= 11 is 0. The molecule has 0 unspecified atom stereocenters. The van der Waals surface area contributed by atoms with Crippen LogP contribution in [-0.4, -0.2) is 70.5 Å². The number of aromatic hydroxyl groups is 2. The van der Waals surface area contributed by atoms with Crippen molar-refractivity contribution in [3.63, 3.8) is 0 Å². The van der Waals surface area contributed by atoms with Gasteiger partial charge in [-0.15, -0.1) is 0 Å². The van der Waals surface area contributed by atoms with Gasteiger partial charge < -0.3 is 24.4 Å². The second kappa shape index (κ2) is 11.8. The van der Waals surface area contributed by atoms with Crippen LogP contribution in [0.3, 0.4) is 0 Å². The van der Waals surface area contributed by atoms with Gasteiger partial charge in [-0.3, -0.25) is 9.69 Å². The van der Waals surface area contributed by atoms with E-state index in [1.165, 1.54) is 6.07 Å². The Labute approximate surface area is 239 Å². The highest BCUT2D eigenvalue weighted by molar-refractivity contribution is 6.03. The lowest BCUT2D eigenvalue weighted by molar-refractivity contribution is 0.0342. The first-order valence-corrected chi connectivity index (χ1v) is 14.3. The van der Waals surface area contributed by atoms with E-state index in [0.29, 0.717) is 29.8 Å². The summed E-state index contributed by atoms with van der Waals surface area (Å²) in [5.41, 5.74) is 5.50. The van der Waals surface area contributed by atoms with Crippen molar-refractivity contribution in [3.05, 3.63) is 77.5 Å². The minimum Gasteiger partial charge on any atom is -0.507 e. The van der Waals surface area contributed by atoms with Gasteiger partial charge in [-0.1, -0.05) is 59.3 Å². The summed E-state index contributed by atoms with van der Waals surface area (Å²) < 4.78 is 11.3. The first-order chi connectivity index (χ1) is 20.0. The number of aryl methyl sites for hydroxylation is 1. The topological polar surface area (TPSA) is 99.3 Å². The molecule has 2 fully saturated rings. The van der Waals surface area contributed by atoms with Crippen LogP contribution in [0.25, 0.3) is 33.6 Å². The summed E-state index contributed by atoms with van der Waals surface area (Å²) in [6.45, 7) is 7.46. The van der Waals surface area contributed by atoms with E-state index in [-0.39, 0.29) is 28.9 Å². The third-order valence-corrected chi connectivity index (χ3v) is 8.01. The summed E-state index contributed by atoms with van der Waals surface area (Å²) in [6, 6.07) is 18.9. The average molecular weight is 554 g/mol. The molecule has 2 saturated heterocycles. The molecule has 0 saturated carbocycles. The third kappa shape index (κ3) is 5.71. The molecule has 3 aromatic carbocycles. The lowest BCUT2D eigenvalue weighted by atomic mass is 9.94. The molecular weight excluding hydrogens is 518 g/mol. The van der Waals surface area contributed by atoms with Gasteiger partial charge in [0.2, 0.25) is 0 Å². The largest absolute Gasteiger partial charge is 0.507 e. The van der Waals surface area contributed by atoms with Gasteiger partial charge in [-0.05, 0) is 48.9 Å². The van der Waals surface area contributed by atoms with Gasteiger partial charge in [0, 0.05) is 44.4 Å². The molecule has 1 aromatic heterocycles. The number of phenols is 2. The van der Waals surface area contributed by atoms with Crippen molar-refractivity contribution in [3.8, 4) is 45.1 Å². The minimum atomic E-state index is -0.177. The fourth-order valence-corrected chi connectivity index (χ4v) is 5.65. The highest BCUT2D eigenvalue weighted by Crippen LogP contribution is 2.44. The van der Waals surface area contributed by atoms with E-state index in [2.05, 4.69) is 22.2 Å². The molecule has 41 heavy (non-hydrogen) atoms. The number of aromatic nitrogens is 1. The van der Waals surface area contributed by atoms with Crippen LogP contribution in [0, 0.1) is 6.92 Å². The monoisotopic (exact) mass is 553 g/mol. The molecule has 2 aliphatic heterocycles. The van der Waals surface area contributed by atoms with Crippen molar-refractivity contribution in [1.82, 2.24) is 15.0 Å². The van der Waals surface area contributed by atoms with Gasteiger partial charge in [0.25, 0.3) is 5.91 Å². The van der Waals surface area contributed by atoms with E-state index >= 15 is 0 Å². The number of phenolic OH excluding ortho intramolecular Hbond substituents is 2. The number of hydrogen-bond acceptors (Lipinski definition) is 7. The van der Waals surface area contributed by atoms with Crippen LogP contribution in [0.15, 0.2) is 65.2 Å². The normalized spacial score (nSPS) is 16.2. The van der Waals surface area contributed by atoms with Gasteiger partial charge >= 0.3 is 0 Å². The maximum absolute atomic E-state index is 13.7. The molecule has 4 aromatic rings. The molecular formula is C33H35N3O5. The van der Waals surface area contributed by atoms with Crippen LogP contribution in [0.1, 0.15) is 40.9 Å². The Bertz CT molecular complexity index is 1520. The molecule has 1 amide bonds. The molecule has 2 aliphatic rings. The van der Waals surface area contributed by atoms with Gasteiger partial charge in [-0.2, -0.15) is 0 Å². The molecule has 6 rings (SSSR count). The first-order valence-electron chi connectivity index (χ1n) is 14.3. The fourth-order valence-electron chi connectivity index (χ4n) is 5.65. The standard InChI is InChI=1S/C33H35N3O5/c1-22-5-9-24(10-6-22)26-19-27(29(38)20-28(26)37)32-30(31(34-41-32)33(39)36-13-3-2-4-14-36)25-11-7-23(8-12-25)21-35-15-17-40-18-16-35/h5-12,19-20,37-38H,2-4,13-18,21H2,1H3. The molecule has 212 valence electrons. The zero-order valence-corrected chi connectivity index (χ0v) is 23.3. The molecule has 3 heterocycles. The Morgan fingerprint density at radius 1 is 0.829 bits per heavy atom. The van der Waals surface area contributed by atoms with Crippen LogP contribution in [0.2, 0.25) is 0 Å². The predicted molar refractivity (Wildman–Crippen MR) is 157 cm³/mol. The summed E-state index contributed by atoms with van der Waals surface area (Å²) in [5.74, 6) is -0.0915. The number of carbonyl (C=O) groups is 1. The van der Waals surface area contributed by atoms with Crippen LogP contribution in [0.4, 0.5) is 0 Å². The Kier molecular flexibility index (Phi) is 7.76. The highest BCUT2D eigenvalue weighted by Gasteiger charge is 2.30. The van der Waals surface area contributed by atoms with E-state index < -0.39 is 0 Å². The second-order valence-electron chi connectivity index (χ2n) is 10.9. The number of rotatable bonds is 6. The third-order valence-electron chi connectivity index (χ3n) is 8.01. The molecule has 0 atom stereocenters. The maximum atomic E-state index is 13.7. The van der Waals surface area contributed by atoms with Gasteiger partial charge in [-0.25, -0.2) is 0 Å². The zero-order chi connectivity index (χ0) is 28.3. The van der Waals surface area contributed by atoms with Gasteiger partial charge in [0.05, 0.1) is 24.3 Å².